The van der Waals surface area contributed by atoms with Gasteiger partial charge in [-0.2, -0.15) is 0 Å². The van der Waals surface area contributed by atoms with Crippen molar-refractivity contribution < 1.29 is 9.59 Å². The van der Waals surface area contributed by atoms with E-state index >= 15 is 0 Å². The highest BCUT2D eigenvalue weighted by Crippen LogP contribution is 2.25. The Balaban J connectivity index is 1.60. The van der Waals surface area contributed by atoms with E-state index in [1.165, 1.54) is 17.8 Å². The quantitative estimate of drug-likeness (QED) is 0.409. The van der Waals surface area contributed by atoms with E-state index in [-0.39, 0.29) is 22.6 Å². The third-order valence-electron chi connectivity index (χ3n) is 4.30. The first kappa shape index (κ1) is 22.2. The number of aryl methyl sites for hydroxylation is 2. The first-order valence-electron chi connectivity index (χ1n) is 9.18. The van der Waals surface area contributed by atoms with Crippen molar-refractivity contribution in [1.29, 1.82) is 0 Å². The Hall–Kier alpha value is -2.47. The van der Waals surface area contributed by atoms with Crippen LogP contribution >= 0.6 is 35.0 Å². The van der Waals surface area contributed by atoms with Crippen LogP contribution in [0.4, 0.5) is 11.4 Å². The zero-order valence-corrected chi connectivity index (χ0v) is 18.8. The second kappa shape index (κ2) is 10.0. The summed E-state index contributed by atoms with van der Waals surface area (Å²) in [5, 5.41) is 6.52. The van der Waals surface area contributed by atoms with Gasteiger partial charge in [0, 0.05) is 21.3 Å². The lowest BCUT2D eigenvalue weighted by Gasteiger charge is -2.10. The largest absolute Gasteiger partial charge is 0.325 e. The van der Waals surface area contributed by atoms with E-state index in [0.29, 0.717) is 16.3 Å². The normalized spacial score (nSPS) is 10.5. The molecule has 3 aromatic rings. The first-order valence-corrected chi connectivity index (χ1v) is 10.9. The average Bonchev–Trinajstić information content (AvgIpc) is 2.69. The molecule has 3 rings (SSSR count). The van der Waals surface area contributed by atoms with Gasteiger partial charge in [-0.15, -0.1) is 11.8 Å². The lowest BCUT2D eigenvalue weighted by molar-refractivity contribution is -0.113. The Morgan fingerprint density at radius 2 is 1.73 bits per heavy atom. The van der Waals surface area contributed by atoms with E-state index < -0.39 is 0 Å². The maximum absolute atomic E-state index is 12.5. The van der Waals surface area contributed by atoms with Crippen molar-refractivity contribution in [3.05, 3.63) is 87.4 Å². The number of hydrogen-bond donors (Lipinski definition) is 2. The highest BCUT2D eigenvalue weighted by molar-refractivity contribution is 8.00. The zero-order valence-electron chi connectivity index (χ0n) is 16.5. The summed E-state index contributed by atoms with van der Waals surface area (Å²) in [6.07, 6.45) is 0. The number of thioether (sulfide) groups is 1. The second-order valence-electron chi connectivity index (χ2n) is 6.76. The number of rotatable bonds is 6. The monoisotopic (exact) mass is 458 g/mol. The van der Waals surface area contributed by atoms with Crippen LogP contribution in [0, 0.1) is 13.8 Å². The summed E-state index contributed by atoms with van der Waals surface area (Å²) in [5.74, 6) is -0.157. The van der Waals surface area contributed by atoms with Crippen molar-refractivity contribution in [1.82, 2.24) is 0 Å². The molecule has 0 saturated heterocycles. The van der Waals surface area contributed by atoms with E-state index in [2.05, 4.69) is 10.6 Å². The van der Waals surface area contributed by atoms with E-state index in [1.54, 1.807) is 18.2 Å². The van der Waals surface area contributed by atoms with Crippen LogP contribution in [-0.4, -0.2) is 17.6 Å². The first-order chi connectivity index (χ1) is 14.3. The van der Waals surface area contributed by atoms with E-state index in [0.717, 1.165) is 21.7 Å². The number of nitrogens with one attached hydrogen (secondary N) is 2. The molecule has 4 nitrogen and oxygen atoms in total. The molecule has 0 spiro atoms. The van der Waals surface area contributed by atoms with Gasteiger partial charge in [0.2, 0.25) is 5.91 Å². The summed E-state index contributed by atoms with van der Waals surface area (Å²) < 4.78 is 0. The number of anilines is 2. The van der Waals surface area contributed by atoms with Gasteiger partial charge in [-0.3, -0.25) is 9.59 Å². The summed E-state index contributed by atoms with van der Waals surface area (Å²) in [5.41, 5.74) is 3.89. The predicted octanol–water partition coefficient (Wildman–Crippen LogP) is 6.59. The highest BCUT2D eigenvalue weighted by atomic mass is 35.5. The van der Waals surface area contributed by atoms with Crippen LogP contribution in [0.2, 0.25) is 10.0 Å². The molecular formula is C23H20Cl2N2O2S. The van der Waals surface area contributed by atoms with Crippen LogP contribution in [0.15, 0.2) is 65.6 Å². The fourth-order valence-corrected chi connectivity index (χ4v) is 3.99. The van der Waals surface area contributed by atoms with Crippen LogP contribution in [0.5, 0.6) is 0 Å². The average molecular weight is 459 g/mol. The Morgan fingerprint density at radius 1 is 0.933 bits per heavy atom. The van der Waals surface area contributed by atoms with E-state index in [1.807, 2.05) is 50.2 Å². The fraction of sp³-hybridized carbons (Fsp3) is 0.130. The molecule has 0 heterocycles. The molecule has 7 heteroatoms. The van der Waals surface area contributed by atoms with Gasteiger partial charge in [-0.1, -0.05) is 41.4 Å². The minimum absolute atomic E-state index is 0.0870. The molecule has 0 aliphatic heterocycles. The molecule has 0 unspecified atom stereocenters. The van der Waals surface area contributed by atoms with E-state index in [9.17, 15) is 9.59 Å². The fourth-order valence-electron chi connectivity index (χ4n) is 2.74. The molecule has 0 aliphatic rings. The molecule has 0 saturated carbocycles. The molecule has 0 bridgehead atoms. The van der Waals surface area contributed by atoms with Crippen LogP contribution < -0.4 is 10.6 Å². The van der Waals surface area contributed by atoms with Gasteiger partial charge in [-0.25, -0.2) is 0 Å². The summed E-state index contributed by atoms with van der Waals surface area (Å²) in [7, 11) is 0. The Bertz CT molecular complexity index is 1100. The minimum Gasteiger partial charge on any atom is -0.325 e. The Labute approximate surface area is 190 Å². The molecule has 2 amide bonds. The molecule has 30 heavy (non-hydrogen) atoms. The van der Waals surface area contributed by atoms with Gasteiger partial charge in [0.15, 0.2) is 0 Å². The molecule has 2 N–H and O–H groups in total. The van der Waals surface area contributed by atoms with Crippen molar-refractivity contribution in [2.45, 2.75) is 18.7 Å². The van der Waals surface area contributed by atoms with Crippen molar-refractivity contribution in [2.24, 2.45) is 0 Å². The zero-order chi connectivity index (χ0) is 21.7. The Kier molecular flexibility index (Phi) is 7.43. The summed E-state index contributed by atoms with van der Waals surface area (Å²) in [6, 6.07) is 18.0. The van der Waals surface area contributed by atoms with Gasteiger partial charge in [0.05, 0.1) is 16.3 Å². The number of carbonyl (C=O) groups excluding carboxylic acids is 2. The van der Waals surface area contributed by atoms with Gasteiger partial charge < -0.3 is 10.6 Å². The predicted molar refractivity (Wildman–Crippen MR) is 126 cm³/mol. The van der Waals surface area contributed by atoms with Crippen molar-refractivity contribution in [3.63, 3.8) is 0 Å². The van der Waals surface area contributed by atoms with Gasteiger partial charge >= 0.3 is 0 Å². The lowest BCUT2D eigenvalue weighted by atomic mass is 10.1. The van der Waals surface area contributed by atoms with Crippen molar-refractivity contribution in [3.8, 4) is 0 Å². The Morgan fingerprint density at radius 3 is 2.50 bits per heavy atom. The third-order valence-corrected chi connectivity index (χ3v) is 5.85. The smallest absolute Gasteiger partial charge is 0.257 e. The SMILES string of the molecule is Cc1ccc(C)c(NC(=O)CSc2cccc(NC(=O)c3ccc(Cl)cc3Cl)c2)c1. The number of halogens is 2. The lowest BCUT2D eigenvalue weighted by Crippen LogP contribution is -2.15. The standard InChI is InChI=1S/C23H20Cl2N2O2S/c1-14-6-7-15(2)21(10-14)27-22(28)13-30-18-5-3-4-17(12-18)26-23(29)19-9-8-16(24)11-20(19)25/h3-12H,13H2,1-2H3,(H,26,29)(H,27,28). The number of carbonyl (C=O) groups is 2. The highest BCUT2D eigenvalue weighted by Gasteiger charge is 2.12. The summed E-state index contributed by atoms with van der Waals surface area (Å²) >= 11 is 13.4. The molecule has 0 aromatic heterocycles. The molecule has 0 aliphatic carbocycles. The van der Waals surface area contributed by atoms with Crippen LogP contribution in [0.3, 0.4) is 0 Å². The maximum Gasteiger partial charge on any atom is 0.257 e. The van der Waals surface area contributed by atoms with Gasteiger partial charge in [0.25, 0.3) is 5.91 Å². The van der Waals surface area contributed by atoms with Crippen LogP contribution in [-0.2, 0) is 4.79 Å². The third kappa shape index (κ3) is 6.02. The van der Waals surface area contributed by atoms with Gasteiger partial charge in [0.1, 0.15) is 0 Å². The van der Waals surface area contributed by atoms with Crippen LogP contribution in [0.25, 0.3) is 0 Å². The topological polar surface area (TPSA) is 58.2 Å². The minimum atomic E-state index is -0.327. The maximum atomic E-state index is 12.5. The summed E-state index contributed by atoms with van der Waals surface area (Å²) in [4.78, 5) is 25.7. The number of benzene rings is 3. The van der Waals surface area contributed by atoms with Gasteiger partial charge in [-0.05, 0) is 67.4 Å². The second-order valence-corrected chi connectivity index (χ2v) is 8.65. The van der Waals surface area contributed by atoms with Crippen molar-refractivity contribution in [2.75, 3.05) is 16.4 Å². The number of amides is 2. The van der Waals surface area contributed by atoms with Crippen molar-refractivity contribution >= 4 is 58.2 Å². The molecular weight excluding hydrogens is 439 g/mol. The number of hydrogen-bond acceptors (Lipinski definition) is 3. The summed E-state index contributed by atoms with van der Waals surface area (Å²) in [6.45, 7) is 3.95. The molecule has 3 aromatic carbocycles. The molecule has 0 radical (unpaired) electrons. The molecule has 0 fully saturated rings. The molecule has 0 atom stereocenters. The van der Waals surface area contributed by atoms with Crippen LogP contribution in [0.1, 0.15) is 21.5 Å². The molecule has 154 valence electrons. The van der Waals surface area contributed by atoms with E-state index in [4.69, 9.17) is 23.2 Å².